The second-order valence-corrected chi connectivity index (χ2v) is 8.37. The van der Waals surface area contributed by atoms with Crippen LogP contribution in [-0.2, 0) is 0 Å². The van der Waals surface area contributed by atoms with Crippen LogP contribution in [0.25, 0.3) is 54.6 Å². The van der Waals surface area contributed by atoms with E-state index in [2.05, 4.69) is 29.6 Å². The molecule has 0 saturated heterocycles. The van der Waals surface area contributed by atoms with Crippen molar-refractivity contribution in [3.05, 3.63) is 96.0 Å². The fourth-order valence-corrected chi connectivity index (χ4v) is 4.91. The first-order valence-electron chi connectivity index (χ1n) is 10.5. The van der Waals surface area contributed by atoms with Gasteiger partial charge in [-0.2, -0.15) is 0 Å². The molecule has 0 fully saturated rings. The first kappa shape index (κ1) is 17.7. The van der Waals surface area contributed by atoms with Crippen LogP contribution in [0.3, 0.4) is 0 Å². The molecule has 0 radical (unpaired) electrons. The highest BCUT2D eigenvalue weighted by Crippen LogP contribution is 2.45. The molecule has 0 spiro atoms. The molecule has 0 saturated carbocycles. The van der Waals surface area contributed by atoms with Crippen molar-refractivity contribution in [2.75, 3.05) is 5.32 Å². The number of hydrogen-bond acceptors (Lipinski definition) is 3. The summed E-state index contributed by atoms with van der Waals surface area (Å²) in [6.07, 6.45) is 0. The Morgan fingerprint density at radius 3 is 2.06 bits per heavy atom. The van der Waals surface area contributed by atoms with E-state index in [0.29, 0.717) is 5.02 Å². The number of nitrogens with one attached hydrogen (secondary N) is 1. The van der Waals surface area contributed by atoms with Crippen LogP contribution < -0.4 is 5.32 Å². The van der Waals surface area contributed by atoms with Gasteiger partial charge in [0.05, 0.1) is 16.4 Å². The Balaban J connectivity index is 1.68. The van der Waals surface area contributed by atoms with Crippen molar-refractivity contribution in [3.8, 4) is 0 Å². The lowest BCUT2D eigenvalue weighted by Gasteiger charge is -2.11. The number of fused-ring (bicyclic) bond motifs is 9. The molecule has 2 heterocycles. The minimum atomic E-state index is 0.660. The van der Waals surface area contributed by atoms with Gasteiger partial charge in [0.15, 0.2) is 5.58 Å². The predicted octanol–water partition coefficient (Wildman–Crippen LogP) is 9.04. The van der Waals surface area contributed by atoms with Gasteiger partial charge in [-0.3, -0.25) is 0 Å². The Morgan fingerprint density at radius 1 is 0.562 bits per heavy atom. The lowest BCUT2D eigenvalue weighted by atomic mass is 9.97. The molecule has 7 rings (SSSR count). The van der Waals surface area contributed by atoms with E-state index < -0.39 is 0 Å². The van der Waals surface area contributed by atoms with Crippen molar-refractivity contribution in [1.29, 1.82) is 0 Å². The third-order valence-electron chi connectivity index (χ3n) is 6.11. The summed E-state index contributed by atoms with van der Waals surface area (Å²) in [6, 6.07) is 30.4. The molecule has 0 aliphatic rings. The summed E-state index contributed by atoms with van der Waals surface area (Å²) >= 11 is 6.45. The molecule has 5 aromatic carbocycles. The van der Waals surface area contributed by atoms with E-state index in [-0.39, 0.29) is 0 Å². The maximum atomic E-state index is 6.45. The second kappa shape index (κ2) is 6.52. The summed E-state index contributed by atoms with van der Waals surface area (Å²) in [4.78, 5) is 0. The van der Waals surface area contributed by atoms with Crippen molar-refractivity contribution in [1.82, 2.24) is 0 Å². The van der Waals surface area contributed by atoms with Gasteiger partial charge in [-0.1, -0.05) is 66.2 Å². The second-order valence-electron chi connectivity index (χ2n) is 7.97. The zero-order chi connectivity index (χ0) is 21.2. The molecule has 7 aromatic rings. The number of anilines is 2. The summed E-state index contributed by atoms with van der Waals surface area (Å²) in [5.74, 6) is 0. The van der Waals surface area contributed by atoms with E-state index >= 15 is 0 Å². The third kappa shape index (κ3) is 2.43. The Kier molecular flexibility index (Phi) is 3.61. The molecular formula is C28H16ClNO2. The van der Waals surface area contributed by atoms with Gasteiger partial charge in [0.25, 0.3) is 0 Å². The van der Waals surface area contributed by atoms with Crippen LogP contribution >= 0.6 is 11.6 Å². The first-order valence-corrected chi connectivity index (χ1v) is 10.9. The Labute approximate surface area is 187 Å². The average molecular weight is 434 g/mol. The van der Waals surface area contributed by atoms with Gasteiger partial charge in [0.2, 0.25) is 0 Å². The van der Waals surface area contributed by atoms with Crippen LogP contribution in [0.1, 0.15) is 0 Å². The fourth-order valence-electron chi connectivity index (χ4n) is 4.73. The normalized spacial score (nSPS) is 11.9. The molecule has 2 aromatic heterocycles. The smallest absolute Gasteiger partial charge is 0.159 e. The van der Waals surface area contributed by atoms with Crippen LogP contribution in [0.2, 0.25) is 5.02 Å². The topological polar surface area (TPSA) is 38.3 Å². The molecule has 152 valence electrons. The average Bonchev–Trinajstić information content (AvgIpc) is 3.39. The highest BCUT2D eigenvalue weighted by molar-refractivity contribution is 6.34. The molecule has 3 nitrogen and oxygen atoms in total. The van der Waals surface area contributed by atoms with Gasteiger partial charge in [0, 0.05) is 26.9 Å². The van der Waals surface area contributed by atoms with Gasteiger partial charge < -0.3 is 14.2 Å². The van der Waals surface area contributed by atoms with E-state index in [0.717, 1.165) is 66.0 Å². The van der Waals surface area contributed by atoms with Crippen LogP contribution in [0, 0.1) is 0 Å². The predicted molar refractivity (Wildman–Crippen MR) is 133 cm³/mol. The van der Waals surface area contributed by atoms with E-state index in [1.54, 1.807) is 0 Å². The van der Waals surface area contributed by atoms with Crippen molar-refractivity contribution in [2.24, 2.45) is 0 Å². The standard InChI is InChI=1S/C28H16ClNO2/c29-19-9-3-4-10-20(19)30-21-15-16-13-14-24-26(17-7-1-5-11-22(17)31-24)25(16)27-18-8-2-6-12-23(18)32-28(21)27/h1-15,30H. The van der Waals surface area contributed by atoms with Crippen molar-refractivity contribution >= 4 is 77.6 Å². The quantitative estimate of drug-likeness (QED) is 0.295. The van der Waals surface area contributed by atoms with Crippen LogP contribution in [0.15, 0.2) is 99.8 Å². The number of benzene rings is 5. The highest BCUT2D eigenvalue weighted by Gasteiger charge is 2.20. The minimum Gasteiger partial charge on any atom is -0.456 e. The van der Waals surface area contributed by atoms with Gasteiger partial charge in [-0.25, -0.2) is 0 Å². The third-order valence-corrected chi connectivity index (χ3v) is 6.44. The largest absolute Gasteiger partial charge is 0.456 e. The molecular weight excluding hydrogens is 418 g/mol. The molecule has 0 atom stereocenters. The van der Waals surface area contributed by atoms with E-state index in [4.69, 9.17) is 20.4 Å². The lowest BCUT2D eigenvalue weighted by Crippen LogP contribution is -1.92. The zero-order valence-electron chi connectivity index (χ0n) is 16.9. The summed E-state index contributed by atoms with van der Waals surface area (Å²) in [5.41, 5.74) is 5.12. The van der Waals surface area contributed by atoms with Crippen molar-refractivity contribution < 1.29 is 8.83 Å². The van der Waals surface area contributed by atoms with Gasteiger partial charge >= 0.3 is 0 Å². The summed E-state index contributed by atoms with van der Waals surface area (Å²) in [6.45, 7) is 0. The summed E-state index contributed by atoms with van der Waals surface area (Å²) in [7, 11) is 0. The first-order chi connectivity index (χ1) is 15.8. The molecule has 0 bridgehead atoms. The highest BCUT2D eigenvalue weighted by atomic mass is 35.5. The van der Waals surface area contributed by atoms with Crippen molar-refractivity contribution in [2.45, 2.75) is 0 Å². The molecule has 0 unspecified atom stereocenters. The summed E-state index contributed by atoms with van der Waals surface area (Å²) in [5, 5.41) is 10.8. The monoisotopic (exact) mass is 433 g/mol. The molecule has 1 N–H and O–H groups in total. The zero-order valence-corrected chi connectivity index (χ0v) is 17.6. The maximum absolute atomic E-state index is 6.45. The van der Waals surface area contributed by atoms with Gasteiger partial charge in [-0.05, 0) is 41.8 Å². The Hall–Kier alpha value is -3.95. The maximum Gasteiger partial charge on any atom is 0.159 e. The van der Waals surface area contributed by atoms with Crippen LogP contribution in [0.5, 0.6) is 0 Å². The molecule has 0 aliphatic carbocycles. The van der Waals surface area contributed by atoms with E-state index in [9.17, 15) is 0 Å². The molecule has 0 aliphatic heterocycles. The number of hydrogen-bond donors (Lipinski definition) is 1. The molecule has 0 amide bonds. The number of rotatable bonds is 2. The number of furan rings is 2. The fraction of sp³-hybridized carbons (Fsp3) is 0. The summed E-state index contributed by atoms with van der Waals surface area (Å²) < 4.78 is 12.6. The van der Waals surface area contributed by atoms with Crippen molar-refractivity contribution in [3.63, 3.8) is 0 Å². The van der Waals surface area contributed by atoms with E-state index in [1.165, 1.54) is 0 Å². The molecule has 32 heavy (non-hydrogen) atoms. The minimum absolute atomic E-state index is 0.660. The molecule has 4 heteroatoms. The number of halogens is 1. The van der Waals surface area contributed by atoms with Gasteiger partial charge in [-0.15, -0.1) is 0 Å². The van der Waals surface area contributed by atoms with E-state index in [1.807, 2.05) is 66.7 Å². The lowest BCUT2D eigenvalue weighted by molar-refractivity contribution is 0.669. The Bertz CT molecular complexity index is 1830. The van der Waals surface area contributed by atoms with Gasteiger partial charge in [0.1, 0.15) is 16.7 Å². The Morgan fingerprint density at radius 2 is 1.25 bits per heavy atom. The van der Waals surface area contributed by atoms with Crippen LogP contribution in [-0.4, -0.2) is 0 Å². The number of para-hydroxylation sites is 3. The SMILES string of the molecule is Clc1ccccc1Nc1cc2ccc3oc4ccccc4c3c2c2c1oc1ccccc12. The van der Waals surface area contributed by atoms with Crippen LogP contribution in [0.4, 0.5) is 11.4 Å².